The molecule has 5 nitrogen and oxygen atoms in total. The molecule has 29 heavy (non-hydrogen) atoms. The lowest BCUT2D eigenvalue weighted by molar-refractivity contribution is 0.457. The number of fused-ring (bicyclic) bond motifs is 2. The maximum Gasteiger partial charge on any atom is 0.196 e. The Hall–Kier alpha value is -3.99. The SMILES string of the molecule is Cc1ccc2[nH]c(O)c(C=c3ccc4c(c3)N=NC=4/C=C/c3ccncc3)c2c1. The number of nitrogens with one attached hydrogen (secondary N) is 1. The van der Waals surface area contributed by atoms with Crippen molar-refractivity contribution >= 4 is 34.4 Å². The molecule has 4 aromatic rings. The van der Waals surface area contributed by atoms with Gasteiger partial charge in [-0.2, -0.15) is 0 Å². The van der Waals surface area contributed by atoms with Crippen molar-refractivity contribution < 1.29 is 5.11 Å². The highest BCUT2D eigenvalue weighted by Gasteiger charge is 2.10. The zero-order valence-corrected chi connectivity index (χ0v) is 15.8. The number of pyridine rings is 1. The van der Waals surface area contributed by atoms with Crippen molar-refractivity contribution in [3.63, 3.8) is 0 Å². The summed E-state index contributed by atoms with van der Waals surface area (Å²) in [6, 6.07) is 16.0. The van der Waals surface area contributed by atoms with E-state index in [9.17, 15) is 5.11 Å². The number of aromatic hydroxyl groups is 1. The van der Waals surface area contributed by atoms with E-state index in [2.05, 4.69) is 26.3 Å². The van der Waals surface area contributed by atoms with Gasteiger partial charge in [0.15, 0.2) is 5.88 Å². The van der Waals surface area contributed by atoms with Crippen molar-refractivity contribution in [3.8, 4) is 5.88 Å². The maximum absolute atomic E-state index is 10.4. The highest BCUT2D eigenvalue weighted by molar-refractivity contribution is 5.92. The number of aromatic amines is 1. The van der Waals surface area contributed by atoms with Gasteiger partial charge in [0.05, 0.1) is 11.4 Å². The Kier molecular flexibility index (Phi) is 4.06. The van der Waals surface area contributed by atoms with Gasteiger partial charge in [-0.3, -0.25) is 4.98 Å². The summed E-state index contributed by atoms with van der Waals surface area (Å²) in [6.07, 6.45) is 9.45. The Balaban J connectivity index is 1.57. The van der Waals surface area contributed by atoms with Gasteiger partial charge in [-0.15, -0.1) is 10.2 Å². The quantitative estimate of drug-likeness (QED) is 0.557. The second-order valence-electron chi connectivity index (χ2n) is 7.06. The average Bonchev–Trinajstić information content (AvgIpc) is 3.28. The molecule has 0 fully saturated rings. The number of nitrogens with zero attached hydrogens (tertiary/aromatic N) is 3. The fourth-order valence-corrected chi connectivity index (χ4v) is 3.50. The van der Waals surface area contributed by atoms with E-state index in [0.717, 1.165) is 49.4 Å². The van der Waals surface area contributed by atoms with Crippen LogP contribution in [0.3, 0.4) is 0 Å². The van der Waals surface area contributed by atoms with Crippen LogP contribution in [0.25, 0.3) is 28.8 Å². The monoisotopic (exact) mass is 378 g/mol. The highest BCUT2D eigenvalue weighted by Crippen LogP contribution is 2.28. The van der Waals surface area contributed by atoms with Gasteiger partial charge in [0.25, 0.3) is 0 Å². The van der Waals surface area contributed by atoms with Crippen LogP contribution in [0.1, 0.15) is 16.7 Å². The summed E-state index contributed by atoms with van der Waals surface area (Å²) in [6.45, 7) is 2.04. The van der Waals surface area contributed by atoms with E-state index in [4.69, 9.17) is 0 Å². The van der Waals surface area contributed by atoms with E-state index in [1.54, 1.807) is 12.4 Å². The lowest BCUT2D eigenvalue weighted by Gasteiger charge is -1.96. The summed E-state index contributed by atoms with van der Waals surface area (Å²) in [4.78, 5) is 7.06. The van der Waals surface area contributed by atoms with Gasteiger partial charge in [-0.1, -0.05) is 23.8 Å². The molecule has 2 aromatic carbocycles. The fourth-order valence-electron chi connectivity index (χ4n) is 3.50. The molecule has 2 aromatic heterocycles. The fraction of sp³-hybridized carbons (Fsp3) is 0.0417. The first-order valence-corrected chi connectivity index (χ1v) is 9.35. The molecule has 0 saturated heterocycles. The van der Waals surface area contributed by atoms with E-state index >= 15 is 0 Å². The molecule has 0 radical (unpaired) electrons. The summed E-state index contributed by atoms with van der Waals surface area (Å²) in [5.74, 6) is 0.167. The van der Waals surface area contributed by atoms with Gasteiger partial charge in [0.1, 0.15) is 0 Å². The Morgan fingerprint density at radius 2 is 1.79 bits per heavy atom. The van der Waals surface area contributed by atoms with Gasteiger partial charge < -0.3 is 10.1 Å². The molecule has 0 spiro atoms. The molecule has 0 atom stereocenters. The number of benzene rings is 2. The average molecular weight is 378 g/mol. The van der Waals surface area contributed by atoms with Crippen molar-refractivity contribution in [1.82, 2.24) is 9.97 Å². The largest absolute Gasteiger partial charge is 0.494 e. The summed E-state index contributed by atoms with van der Waals surface area (Å²) in [7, 11) is 0. The zero-order valence-electron chi connectivity index (χ0n) is 15.8. The number of rotatable bonds is 3. The standard InChI is InChI=1S/C24H18N4O/c1-15-2-6-21-19(12-15)20(24(29)26-21)13-17-3-5-18-22(27-28-23(18)14-17)7-4-16-8-10-25-11-9-16/h2-14,26,29H,1H3/b7-4+,17-13?. The lowest BCUT2D eigenvalue weighted by Crippen LogP contribution is -2.08. The van der Waals surface area contributed by atoms with Crippen LogP contribution in [0.4, 0.5) is 5.69 Å². The molecule has 3 heterocycles. The van der Waals surface area contributed by atoms with Crippen molar-refractivity contribution in [1.29, 1.82) is 0 Å². The molecule has 0 amide bonds. The van der Waals surface area contributed by atoms with Crippen LogP contribution in [0.5, 0.6) is 5.88 Å². The first-order valence-electron chi connectivity index (χ1n) is 9.35. The van der Waals surface area contributed by atoms with Crippen LogP contribution >= 0.6 is 0 Å². The van der Waals surface area contributed by atoms with Crippen molar-refractivity contribution in [2.24, 2.45) is 10.2 Å². The van der Waals surface area contributed by atoms with Crippen LogP contribution in [-0.2, 0) is 0 Å². The van der Waals surface area contributed by atoms with E-state index in [-0.39, 0.29) is 5.88 Å². The summed E-state index contributed by atoms with van der Waals surface area (Å²) in [5.41, 5.74) is 5.55. The van der Waals surface area contributed by atoms with Crippen LogP contribution in [0.15, 0.2) is 77.2 Å². The summed E-state index contributed by atoms with van der Waals surface area (Å²) in [5, 5.41) is 21.9. The third kappa shape index (κ3) is 3.23. The molecule has 0 aliphatic carbocycles. The predicted octanol–water partition coefficient (Wildman–Crippen LogP) is 4.32. The van der Waals surface area contributed by atoms with Gasteiger partial charge in [0.2, 0.25) is 0 Å². The zero-order chi connectivity index (χ0) is 19.8. The number of hydrogen-bond donors (Lipinski definition) is 2. The van der Waals surface area contributed by atoms with Crippen molar-refractivity contribution in [2.45, 2.75) is 6.92 Å². The minimum absolute atomic E-state index is 0.167. The molecule has 0 saturated carbocycles. The predicted molar refractivity (Wildman–Crippen MR) is 115 cm³/mol. The Morgan fingerprint density at radius 3 is 2.66 bits per heavy atom. The van der Waals surface area contributed by atoms with Crippen LogP contribution in [0, 0.1) is 6.92 Å². The normalized spacial score (nSPS) is 13.7. The second-order valence-corrected chi connectivity index (χ2v) is 7.06. The van der Waals surface area contributed by atoms with E-state index in [0.29, 0.717) is 0 Å². The van der Waals surface area contributed by atoms with Crippen molar-refractivity contribution in [3.05, 3.63) is 94.1 Å². The third-order valence-corrected chi connectivity index (χ3v) is 4.99. The minimum atomic E-state index is 0.167. The molecule has 0 bridgehead atoms. The Morgan fingerprint density at radius 1 is 0.931 bits per heavy atom. The maximum atomic E-state index is 10.4. The highest BCUT2D eigenvalue weighted by atomic mass is 16.3. The van der Waals surface area contributed by atoms with E-state index in [1.807, 2.05) is 67.6 Å². The molecule has 140 valence electrons. The van der Waals surface area contributed by atoms with Gasteiger partial charge >= 0.3 is 0 Å². The summed E-state index contributed by atoms with van der Waals surface area (Å²) >= 11 is 0. The Bertz CT molecular complexity index is 1410. The third-order valence-electron chi connectivity index (χ3n) is 4.99. The number of azo groups is 1. The molecular formula is C24H18N4O. The van der Waals surface area contributed by atoms with Crippen LogP contribution in [0.2, 0.25) is 0 Å². The number of aromatic nitrogens is 2. The lowest BCUT2D eigenvalue weighted by atomic mass is 10.1. The van der Waals surface area contributed by atoms with Crippen LogP contribution in [-0.4, -0.2) is 15.1 Å². The van der Waals surface area contributed by atoms with Crippen molar-refractivity contribution in [2.75, 3.05) is 0 Å². The number of H-pyrrole nitrogens is 1. The molecule has 1 aliphatic heterocycles. The van der Waals surface area contributed by atoms with Gasteiger partial charge in [-0.25, -0.2) is 0 Å². The van der Waals surface area contributed by atoms with Gasteiger partial charge in [0, 0.05) is 34.1 Å². The Labute approximate surface area is 167 Å². The first kappa shape index (κ1) is 17.1. The molecule has 5 rings (SSSR count). The molecule has 1 aliphatic rings. The summed E-state index contributed by atoms with van der Waals surface area (Å²) < 4.78 is 0. The minimum Gasteiger partial charge on any atom is -0.494 e. The number of aryl methyl sites for hydroxylation is 1. The number of hydrogen-bond acceptors (Lipinski definition) is 4. The van der Waals surface area contributed by atoms with Crippen LogP contribution < -0.4 is 10.4 Å². The van der Waals surface area contributed by atoms with Gasteiger partial charge in [-0.05, 0) is 66.3 Å². The topological polar surface area (TPSA) is 73.6 Å². The molecule has 5 heteroatoms. The first-order chi connectivity index (χ1) is 14.2. The second kappa shape index (κ2) is 6.87. The van der Waals surface area contributed by atoms with E-state index < -0.39 is 0 Å². The molecular weight excluding hydrogens is 360 g/mol. The van der Waals surface area contributed by atoms with E-state index in [1.165, 1.54) is 0 Å². The molecule has 0 unspecified atom stereocenters. The smallest absolute Gasteiger partial charge is 0.196 e. The molecule has 2 N–H and O–H groups in total.